The molecule has 33 heavy (non-hydrogen) atoms. The second-order valence-electron chi connectivity index (χ2n) is 7.03. The van der Waals surface area contributed by atoms with E-state index in [0.29, 0.717) is 29.3 Å². The van der Waals surface area contributed by atoms with Crippen LogP contribution in [0.3, 0.4) is 0 Å². The molecule has 2 heterocycles. The smallest absolute Gasteiger partial charge is 0.287 e. The average Bonchev–Trinajstić information content (AvgIpc) is 3.29. The van der Waals surface area contributed by atoms with Crippen LogP contribution in [0.25, 0.3) is 11.0 Å². The maximum atomic E-state index is 12.4. The molecule has 4 aromatic rings. The van der Waals surface area contributed by atoms with Gasteiger partial charge in [-0.05, 0) is 54.6 Å². The highest BCUT2D eigenvalue weighted by atomic mass is 16.5. The van der Waals surface area contributed by atoms with Crippen molar-refractivity contribution in [2.24, 2.45) is 0 Å². The summed E-state index contributed by atoms with van der Waals surface area (Å²) in [5, 5.41) is 12.1. The first kappa shape index (κ1) is 21.8. The Morgan fingerprint density at radius 1 is 0.970 bits per heavy atom. The van der Waals surface area contributed by atoms with E-state index in [4.69, 9.17) is 19.1 Å². The Morgan fingerprint density at radius 2 is 1.79 bits per heavy atom. The lowest BCUT2D eigenvalue weighted by Crippen LogP contribution is -2.27. The minimum Gasteiger partial charge on any atom is -0.492 e. The lowest BCUT2D eigenvalue weighted by molar-refractivity contribution is 0.0706. The highest BCUT2D eigenvalue weighted by Gasteiger charge is 2.13. The fourth-order valence-electron chi connectivity index (χ4n) is 3.06. The van der Waals surface area contributed by atoms with Gasteiger partial charge in [0.05, 0.1) is 6.54 Å². The summed E-state index contributed by atoms with van der Waals surface area (Å²) in [6.07, 6.45) is 3.45. The van der Waals surface area contributed by atoms with Crippen molar-refractivity contribution in [3.05, 3.63) is 89.9 Å². The van der Waals surface area contributed by atoms with E-state index in [2.05, 4.69) is 10.3 Å². The Morgan fingerprint density at radius 3 is 2.55 bits per heavy atom. The van der Waals surface area contributed by atoms with Gasteiger partial charge in [0.2, 0.25) is 0 Å². The molecule has 2 aromatic heterocycles. The van der Waals surface area contributed by atoms with Crippen molar-refractivity contribution in [1.29, 1.82) is 0 Å². The van der Waals surface area contributed by atoms with Crippen molar-refractivity contribution in [2.45, 2.75) is 6.61 Å². The topological polar surface area (TPSA) is 123 Å². The van der Waals surface area contributed by atoms with Crippen LogP contribution in [-0.4, -0.2) is 35.2 Å². The van der Waals surface area contributed by atoms with Crippen LogP contribution in [0.15, 0.2) is 77.5 Å². The van der Waals surface area contributed by atoms with E-state index in [0.717, 1.165) is 10.9 Å². The van der Waals surface area contributed by atoms with Crippen LogP contribution in [-0.2, 0) is 6.61 Å². The van der Waals surface area contributed by atoms with Crippen molar-refractivity contribution >= 4 is 22.8 Å². The summed E-state index contributed by atoms with van der Waals surface area (Å²) in [5.74, 6) is 0.416. The van der Waals surface area contributed by atoms with Crippen LogP contribution in [0.1, 0.15) is 26.5 Å². The standard InChI is InChI=1S/C24H21N3O6/c28-23(27-30)17-3-5-19(6-4-17)31-11-10-26-24(29)22-13-18-12-20(7-8-21(18)33-22)32-15-16-2-1-9-25-14-16/h1-9,12-14,30H,10-11,15H2,(H,26,29)(H,27,28). The number of carbonyl (C=O) groups is 2. The first-order chi connectivity index (χ1) is 16.1. The second kappa shape index (κ2) is 10.3. The SMILES string of the molecule is O=C(NO)c1ccc(OCCNC(=O)c2cc3cc(OCc4cccnc4)ccc3o2)cc1. The third-order valence-electron chi connectivity index (χ3n) is 4.71. The highest BCUT2D eigenvalue weighted by molar-refractivity contribution is 5.96. The van der Waals surface area contributed by atoms with E-state index in [1.54, 1.807) is 48.2 Å². The lowest BCUT2D eigenvalue weighted by Gasteiger charge is -2.07. The fourth-order valence-corrected chi connectivity index (χ4v) is 3.06. The van der Waals surface area contributed by atoms with Gasteiger partial charge in [-0.2, -0.15) is 0 Å². The number of pyridine rings is 1. The van der Waals surface area contributed by atoms with Gasteiger partial charge in [0.25, 0.3) is 11.8 Å². The van der Waals surface area contributed by atoms with Crippen LogP contribution in [0.5, 0.6) is 11.5 Å². The molecular weight excluding hydrogens is 426 g/mol. The normalized spacial score (nSPS) is 10.6. The predicted octanol–water partition coefficient (Wildman–Crippen LogP) is 3.33. The number of carbonyl (C=O) groups excluding carboxylic acids is 2. The molecule has 0 aliphatic heterocycles. The molecule has 0 spiro atoms. The number of amides is 2. The lowest BCUT2D eigenvalue weighted by atomic mass is 10.2. The van der Waals surface area contributed by atoms with Crippen molar-refractivity contribution in [1.82, 2.24) is 15.8 Å². The van der Waals surface area contributed by atoms with Crippen molar-refractivity contribution < 1.29 is 28.7 Å². The molecule has 0 saturated heterocycles. The summed E-state index contributed by atoms with van der Waals surface area (Å²) in [6.45, 7) is 0.875. The Bertz CT molecular complexity index is 1240. The molecule has 4 rings (SSSR count). The van der Waals surface area contributed by atoms with Crippen LogP contribution in [0, 0.1) is 0 Å². The molecule has 0 aliphatic rings. The summed E-state index contributed by atoms with van der Waals surface area (Å²) in [6, 6.07) is 17.0. The Hall–Kier alpha value is -4.37. The number of benzene rings is 2. The Kier molecular flexibility index (Phi) is 6.81. The molecule has 2 aromatic carbocycles. The van der Waals surface area contributed by atoms with E-state index in [1.165, 1.54) is 12.1 Å². The molecule has 2 amide bonds. The number of aromatic nitrogens is 1. The average molecular weight is 447 g/mol. The van der Waals surface area contributed by atoms with E-state index in [9.17, 15) is 9.59 Å². The maximum Gasteiger partial charge on any atom is 0.287 e. The molecule has 168 valence electrons. The number of ether oxygens (including phenoxy) is 2. The predicted molar refractivity (Wildman–Crippen MR) is 118 cm³/mol. The van der Waals surface area contributed by atoms with Gasteiger partial charge in [-0.3, -0.25) is 19.8 Å². The zero-order valence-corrected chi connectivity index (χ0v) is 17.5. The number of rotatable bonds is 9. The molecule has 0 radical (unpaired) electrons. The molecular formula is C24H21N3O6. The number of hydrogen-bond donors (Lipinski definition) is 3. The van der Waals surface area contributed by atoms with Crippen LogP contribution >= 0.6 is 0 Å². The van der Waals surface area contributed by atoms with Gasteiger partial charge in [0, 0.05) is 28.9 Å². The van der Waals surface area contributed by atoms with Crippen molar-refractivity contribution in [3.63, 3.8) is 0 Å². The summed E-state index contributed by atoms with van der Waals surface area (Å²) in [7, 11) is 0. The van der Waals surface area contributed by atoms with Crippen LogP contribution in [0.2, 0.25) is 0 Å². The Labute approximate surface area is 188 Å². The van der Waals surface area contributed by atoms with Gasteiger partial charge in [-0.25, -0.2) is 5.48 Å². The zero-order valence-electron chi connectivity index (χ0n) is 17.5. The van der Waals surface area contributed by atoms with E-state index < -0.39 is 5.91 Å². The highest BCUT2D eigenvalue weighted by Crippen LogP contribution is 2.25. The number of nitrogens with zero attached hydrogens (tertiary/aromatic N) is 1. The quantitative estimate of drug-likeness (QED) is 0.204. The molecule has 9 heteroatoms. The number of hydrogen-bond acceptors (Lipinski definition) is 7. The number of furan rings is 1. The summed E-state index contributed by atoms with van der Waals surface area (Å²) < 4.78 is 17.0. The first-order valence-electron chi connectivity index (χ1n) is 10.1. The zero-order chi connectivity index (χ0) is 23.0. The van der Waals surface area contributed by atoms with Gasteiger partial charge in [-0.15, -0.1) is 0 Å². The van der Waals surface area contributed by atoms with Gasteiger partial charge >= 0.3 is 0 Å². The fraction of sp³-hybridized carbons (Fsp3) is 0.125. The summed E-state index contributed by atoms with van der Waals surface area (Å²) in [4.78, 5) is 27.8. The van der Waals surface area contributed by atoms with Gasteiger partial charge in [0.15, 0.2) is 5.76 Å². The van der Waals surface area contributed by atoms with Crippen molar-refractivity contribution in [3.8, 4) is 11.5 Å². The molecule has 0 unspecified atom stereocenters. The molecule has 0 atom stereocenters. The van der Waals surface area contributed by atoms with E-state index in [1.807, 2.05) is 18.2 Å². The largest absolute Gasteiger partial charge is 0.492 e. The monoisotopic (exact) mass is 447 g/mol. The third-order valence-corrected chi connectivity index (χ3v) is 4.71. The Balaban J connectivity index is 1.27. The molecule has 0 bridgehead atoms. The van der Waals surface area contributed by atoms with Crippen LogP contribution in [0.4, 0.5) is 0 Å². The second-order valence-corrected chi connectivity index (χ2v) is 7.03. The van der Waals surface area contributed by atoms with Gasteiger partial charge in [-0.1, -0.05) is 6.07 Å². The maximum absolute atomic E-state index is 12.4. The first-order valence-corrected chi connectivity index (χ1v) is 10.1. The minimum atomic E-state index is -0.605. The van der Waals surface area contributed by atoms with E-state index in [-0.39, 0.29) is 24.8 Å². The number of fused-ring (bicyclic) bond motifs is 1. The molecule has 9 nitrogen and oxygen atoms in total. The van der Waals surface area contributed by atoms with Gasteiger partial charge in [0.1, 0.15) is 30.3 Å². The minimum absolute atomic E-state index is 0.189. The van der Waals surface area contributed by atoms with Crippen LogP contribution < -0.4 is 20.3 Å². The number of nitrogens with one attached hydrogen (secondary N) is 2. The van der Waals surface area contributed by atoms with Crippen molar-refractivity contribution in [2.75, 3.05) is 13.2 Å². The summed E-state index contributed by atoms with van der Waals surface area (Å²) in [5.41, 5.74) is 3.40. The van der Waals surface area contributed by atoms with E-state index >= 15 is 0 Å². The number of hydroxylamine groups is 1. The molecule has 0 saturated carbocycles. The molecule has 3 N–H and O–H groups in total. The molecule has 0 aliphatic carbocycles. The third kappa shape index (κ3) is 5.66. The summed E-state index contributed by atoms with van der Waals surface area (Å²) >= 11 is 0. The molecule has 0 fully saturated rings. The van der Waals surface area contributed by atoms with Gasteiger partial charge < -0.3 is 19.2 Å².